The highest BCUT2D eigenvalue weighted by molar-refractivity contribution is 9.10. The van der Waals surface area contributed by atoms with E-state index in [1.54, 1.807) is 0 Å². The summed E-state index contributed by atoms with van der Waals surface area (Å²) in [5, 5.41) is 0. The van der Waals surface area contributed by atoms with Crippen molar-refractivity contribution in [1.29, 1.82) is 0 Å². The van der Waals surface area contributed by atoms with E-state index in [1.807, 2.05) is 24.3 Å². The van der Waals surface area contributed by atoms with Crippen LogP contribution < -0.4 is 5.73 Å². The van der Waals surface area contributed by atoms with Gasteiger partial charge in [0.1, 0.15) is 5.82 Å². The molecule has 1 unspecified atom stereocenters. The summed E-state index contributed by atoms with van der Waals surface area (Å²) in [5.74, 6) is -1.30. The number of halogens is 5. The van der Waals surface area contributed by atoms with Gasteiger partial charge in [-0.2, -0.15) is 13.2 Å². The second-order valence-electron chi connectivity index (χ2n) is 4.64. The molecule has 0 aliphatic rings. The maximum absolute atomic E-state index is 13.5. The number of nitrogens with two attached hydrogens (primary N) is 1. The molecule has 2 rings (SSSR count). The first kappa shape index (κ1) is 16.0. The van der Waals surface area contributed by atoms with Gasteiger partial charge in [-0.25, -0.2) is 4.39 Å². The molecule has 112 valence electrons. The monoisotopic (exact) mass is 361 g/mol. The van der Waals surface area contributed by atoms with Crippen LogP contribution in [0.15, 0.2) is 46.9 Å². The molecule has 0 spiro atoms. The summed E-state index contributed by atoms with van der Waals surface area (Å²) in [4.78, 5) is 0. The molecule has 0 saturated carbocycles. The molecule has 2 aromatic rings. The highest BCUT2D eigenvalue weighted by Gasteiger charge is 2.34. The zero-order valence-electron chi connectivity index (χ0n) is 10.8. The van der Waals surface area contributed by atoms with Gasteiger partial charge in [-0.3, -0.25) is 0 Å². The quantitative estimate of drug-likeness (QED) is 0.777. The van der Waals surface area contributed by atoms with Gasteiger partial charge in [-0.05, 0) is 35.7 Å². The van der Waals surface area contributed by atoms with Crippen LogP contribution in [0.25, 0.3) is 0 Å². The van der Waals surface area contributed by atoms with Gasteiger partial charge in [0.2, 0.25) is 0 Å². The average molecular weight is 362 g/mol. The fraction of sp³-hybridized carbons (Fsp3) is 0.200. The lowest BCUT2D eigenvalue weighted by Gasteiger charge is -2.15. The Morgan fingerprint density at radius 1 is 1.10 bits per heavy atom. The minimum Gasteiger partial charge on any atom is -0.324 e. The molecular formula is C15H12BrF4N. The van der Waals surface area contributed by atoms with Gasteiger partial charge in [-0.15, -0.1) is 0 Å². The summed E-state index contributed by atoms with van der Waals surface area (Å²) < 4.78 is 51.9. The van der Waals surface area contributed by atoms with Crippen LogP contribution >= 0.6 is 15.9 Å². The molecule has 21 heavy (non-hydrogen) atoms. The van der Waals surface area contributed by atoms with Gasteiger partial charge in [0, 0.05) is 10.5 Å². The van der Waals surface area contributed by atoms with Crippen LogP contribution in [0.2, 0.25) is 0 Å². The predicted molar refractivity (Wildman–Crippen MR) is 76.2 cm³/mol. The summed E-state index contributed by atoms with van der Waals surface area (Å²) in [6.07, 6.45) is -4.30. The number of benzene rings is 2. The van der Waals surface area contributed by atoms with Crippen LogP contribution in [0.3, 0.4) is 0 Å². The SMILES string of the molecule is NC(Cc1ccccc1Br)c1ccc(C(F)(F)F)c(F)c1. The molecule has 0 heterocycles. The molecule has 1 atom stereocenters. The molecule has 0 saturated heterocycles. The van der Waals surface area contributed by atoms with E-state index in [0.717, 1.165) is 22.2 Å². The number of hydrogen-bond donors (Lipinski definition) is 1. The van der Waals surface area contributed by atoms with Gasteiger partial charge >= 0.3 is 6.18 Å². The van der Waals surface area contributed by atoms with E-state index in [9.17, 15) is 17.6 Å². The van der Waals surface area contributed by atoms with Gasteiger partial charge in [0.25, 0.3) is 0 Å². The Kier molecular flexibility index (Phi) is 4.68. The molecule has 0 aromatic heterocycles. The fourth-order valence-corrected chi connectivity index (χ4v) is 2.46. The Morgan fingerprint density at radius 2 is 1.76 bits per heavy atom. The second kappa shape index (κ2) is 6.15. The lowest BCUT2D eigenvalue weighted by molar-refractivity contribution is -0.140. The topological polar surface area (TPSA) is 26.0 Å². The summed E-state index contributed by atoms with van der Waals surface area (Å²) in [7, 11) is 0. The second-order valence-corrected chi connectivity index (χ2v) is 5.49. The van der Waals surface area contributed by atoms with E-state index in [-0.39, 0.29) is 0 Å². The Labute approximate surface area is 127 Å². The normalized spacial score (nSPS) is 13.2. The molecule has 1 nitrogen and oxygen atoms in total. The van der Waals surface area contributed by atoms with Gasteiger partial charge in [-0.1, -0.05) is 40.2 Å². The lowest BCUT2D eigenvalue weighted by Crippen LogP contribution is -2.15. The van der Waals surface area contributed by atoms with Crippen molar-refractivity contribution in [1.82, 2.24) is 0 Å². The summed E-state index contributed by atoms with van der Waals surface area (Å²) >= 11 is 3.37. The van der Waals surface area contributed by atoms with Crippen molar-refractivity contribution in [3.05, 3.63) is 69.4 Å². The molecule has 0 bridgehead atoms. The minimum absolute atomic E-state index is 0.330. The maximum atomic E-state index is 13.5. The summed E-state index contributed by atoms with van der Waals surface area (Å²) in [6, 6.07) is 9.58. The standard InChI is InChI=1S/C15H12BrF4N/c16-12-4-2-1-3-9(12)8-14(21)10-5-6-11(13(17)7-10)15(18,19)20/h1-7,14H,8,21H2. The Morgan fingerprint density at radius 3 is 2.33 bits per heavy atom. The van der Waals surface area contributed by atoms with Crippen molar-refractivity contribution in [3.63, 3.8) is 0 Å². The van der Waals surface area contributed by atoms with E-state index >= 15 is 0 Å². The van der Waals surface area contributed by atoms with E-state index < -0.39 is 23.6 Å². The van der Waals surface area contributed by atoms with Gasteiger partial charge in [0.05, 0.1) is 5.56 Å². The third-order valence-electron chi connectivity index (χ3n) is 3.12. The lowest BCUT2D eigenvalue weighted by atomic mass is 9.98. The highest BCUT2D eigenvalue weighted by Crippen LogP contribution is 2.32. The molecule has 2 N–H and O–H groups in total. The Balaban J connectivity index is 2.23. The van der Waals surface area contributed by atoms with Crippen molar-refractivity contribution in [2.45, 2.75) is 18.6 Å². The zero-order valence-corrected chi connectivity index (χ0v) is 12.4. The number of hydrogen-bond acceptors (Lipinski definition) is 1. The van der Waals surface area contributed by atoms with Crippen LogP contribution in [0.4, 0.5) is 17.6 Å². The van der Waals surface area contributed by atoms with Crippen molar-refractivity contribution in [3.8, 4) is 0 Å². The summed E-state index contributed by atoms with van der Waals surface area (Å²) in [5.41, 5.74) is 5.91. The van der Waals surface area contributed by atoms with E-state index in [0.29, 0.717) is 12.0 Å². The van der Waals surface area contributed by atoms with Crippen LogP contribution in [0.5, 0.6) is 0 Å². The average Bonchev–Trinajstić information content (AvgIpc) is 2.39. The first-order valence-electron chi connectivity index (χ1n) is 6.14. The van der Waals surface area contributed by atoms with Crippen LogP contribution in [-0.2, 0) is 12.6 Å². The predicted octanol–water partition coefficient (Wildman–Crippen LogP) is 4.85. The van der Waals surface area contributed by atoms with Gasteiger partial charge < -0.3 is 5.73 Å². The number of alkyl halides is 3. The molecule has 0 amide bonds. The molecular weight excluding hydrogens is 350 g/mol. The molecule has 0 radical (unpaired) electrons. The van der Waals surface area contributed by atoms with E-state index in [2.05, 4.69) is 15.9 Å². The zero-order chi connectivity index (χ0) is 15.6. The largest absolute Gasteiger partial charge is 0.419 e. The Bertz CT molecular complexity index is 640. The van der Waals surface area contributed by atoms with Crippen LogP contribution in [-0.4, -0.2) is 0 Å². The first-order chi connectivity index (χ1) is 9.79. The summed E-state index contributed by atoms with van der Waals surface area (Å²) in [6.45, 7) is 0. The van der Waals surface area contributed by atoms with Crippen molar-refractivity contribution < 1.29 is 17.6 Å². The molecule has 0 aliphatic carbocycles. The van der Waals surface area contributed by atoms with Crippen molar-refractivity contribution >= 4 is 15.9 Å². The molecule has 0 aliphatic heterocycles. The van der Waals surface area contributed by atoms with Crippen LogP contribution in [0, 0.1) is 5.82 Å². The molecule has 0 fully saturated rings. The minimum atomic E-state index is -4.70. The van der Waals surface area contributed by atoms with Crippen molar-refractivity contribution in [2.24, 2.45) is 5.73 Å². The first-order valence-corrected chi connectivity index (χ1v) is 6.94. The number of rotatable bonds is 3. The van der Waals surface area contributed by atoms with Crippen molar-refractivity contribution in [2.75, 3.05) is 0 Å². The third-order valence-corrected chi connectivity index (χ3v) is 3.90. The van der Waals surface area contributed by atoms with E-state index in [1.165, 1.54) is 6.07 Å². The van der Waals surface area contributed by atoms with Crippen LogP contribution in [0.1, 0.15) is 22.7 Å². The van der Waals surface area contributed by atoms with Gasteiger partial charge in [0.15, 0.2) is 0 Å². The third kappa shape index (κ3) is 3.83. The van der Waals surface area contributed by atoms with E-state index in [4.69, 9.17) is 5.73 Å². The highest BCUT2D eigenvalue weighted by atomic mass is 79.9. The fourth-order valence-electron chi connectivity index (χ4n) is 2.01. The molecule has 2 aromatic carbocycles. The smallest absolute Gasteiger partial charge is 0.324 e. The Hall–Kier alpha value is -1.40. The molecule has 6 heteroatoms. The maximum Gasteiger partial charge on any atom is 0.419 e.